The van der Waals surface area contributed by atoms with Crippen molar-refractivity contribution < 1.29 is 51.4 Å². The number of alkyl halides is 3. The molecule has 2 aliphatic heterocycles. The zero-order valence-electron chi connectivity index (χ0n) is 21.9. The summed E-state index contributed by atoms with van der Waals surface area (Å²) < 4.78 is 68.1. The molecule has 0 amide bonds. The summed E-state index contributed by atoms with van der Waals surface area (Å²) in [6.45, 7) is 1.84. The number of rotatable bonds is 11. The van der Waals surface area contributed by atoms with Crippen molar-refractivity contribution in [2.75, 3.05) is 33.5 Å². The van der Waals surface area contributed by atoms with Crippen LogP contribution in [0.3, 0.4) is 0 Å². The van der Waals surface area contributed by atoms with Crippen molar-refractivity contribution in [3.8, 4) is 11.5 Å². The molecule has 2 aromatic carbocycles. The van der Waals surface area contributed by atoms with Crippen molar-refractivity contribution in [1.29, 1.82) is 0 Å². The van der Waals surface area contributed by atoms with Crippen LogP contribution in [0.1, 0.15) is 18.4 Å². The molecule has 0 spiro atoms. The third-order valence-electron chi connectivity index (χ3n) is 6.16. The smallest absolute Gasteiger partial charge is 0.431 e. The van der Waals surface area contributed by atoms with Gasteiger partial charge in [-0.1, -0.05) is 18.2 Å². The summed E-state index contributed by atoms with van der Waals surface area (Å²) in [5.41, 5.74) is -4.15. The number of allylic oxidation sites excluding steroid dienone is 2. The summed E-state index contributed by atoms with van der Waals surface area (Å²) in [6.07, 6.45) is -4.98. The van der Waals surface area contributed by atoms with E-state index in [-0.39, 0.29) is 30.6 Å². The first-order valence-corrected chi connectivity index (χ1v) is 12.3. The molecule has 2 heterocycles. The second-order valence-corrected chi connectivity index (χ2v) is 8.91. The van der Waals surface area contributed by atoms with Gasteiger partial charge in [-0.05, 0) is 31.2 Å². The van der Waals surface area contributed by atoms with Crippen molar-refractivity contribution in [3.05, 3.63) is 86.7 Å². The van der Waals surface area contributed by atoms with E-state index in [1.807, 2.05) is 0 Å². The molecule has 0 aliphatic carbocycles. The average Bonchev–Trinajstić information content (AvgIpc) is 3.78. The van der Waals surface area contributed by atoms with Crippen LogP contribution < -0.4 is 14.8 Å². The Labute approximate surface area is 231 Å². The SMILES string of the molecule is COC(=O)C1=C(C(F)(F)F)NC(C)=C(C(=O)OCCOc2ccc(OCC3CO3)cc2)C1c1ccccc1[N+](=O)[O-]. The molecule has 2 aromatic rings. The summed E-state index contributed by atoms with van der Waals surface area (Å²) in [4.78, 5) is 36.9. The molecule has 2 aliphatic rings. The number of nitro benzene ring substituents is 1. The number of hydrogen-bond donors (Lipinski definition) is 1. The number of para-hydroxylation sites is 1. The standard InChI is InChI=1S/C27H25F3N2O9/c1-15-21(26(34)39-12-11-38-16-7-9-17(10-8-16)40-13-18-14-41-18)22(19-5-3-4-6-20(19)32(35)36)23(25(33)37-2)24(31-15)27(28,29)30/h3-10,18,22,31H,11-14H2,1-2H3. The van der Waals surface area contributed by atoms with Crippen LogP contribution in [-0.4, -0.2) is 62.7 Å². The number of carbonyl (C=O) groups excluding carboxylic acids is 2. The quantitative estimate of drug-likeness (QED) is 0.137. The molecule has 2 atom stereocenters. The number of hydrogen-bond acceptors (Lipinski definition) is 10. The number of methoxy groups -OCH3 is 1. The highest BCUT2D eigenvalue weighted by Gasteiger charge is 2.48. The zero-order chi connectivity index (χ0) is 29.7. The summed E-state index contributed by atoms with van der Waals surface area (Å²) in [6, 6.07) is 11.5. The predicted molar refractivity (Wildman–Crippen MR) is 135 cm³/mol. The van der Waals surface area contributed by atoms with Gasteiger partial charge in [-0.25, -0.2) is 9.59 Å². The largest absolute Gasteiger partial charge is 0.491 e. The highest BCUT2D eigenvalue weighted by atomic mass is 19.4. The van der Waals surface area contributed by atoms with Crippen LogP contribution in [-0.2, 0) is 23.8 Å². The number of carbonyl (C=O) groups is 2. The van der Waals surface area contributed by atoms with Gasteiger partial charge in [-0.15, -0.1) is 0 Å². The van der Waals surface area contributed by atoms with Crippen molar-refractivity contribution >= 4 is 17.6 Å². The molecule has 0 bridgehead atoms. The lowest BCUT2D eigenvalue weighted by Gasteiger charge is -2.31. The van der Waals surface area contributed by atoms with Crippen LogP contribution in [0.5, 0.6) is 11.5 Å². The number of dihydropyridines is 1. The fourth-order valence-electron chi connectivity index (χ4n) is 4.22. The van der Waals surface area contributed by atoms with Gasteiger partial charge in [0.15, 0.2) is 0 Å². The lowest BCUT2D eigenvalue weighted by Crippen LogP contribution is -2.38. The molecule has 14 heteroatoms. The maximum Gasteiger partial charge on any atom is 0.431 e. The predicted octanol–water partition coefficient (Wildman–Crippen LogP) is 3.94. The van der Waals surface area contributed by atoms with Gasteiger partial charge in [0.25, 0.3) is 5.69 Å². The first kappa shape index (κ1) is 29.4. The number of nitro groups is 1. The first-order chi connectivity index (χ1) is 19.5. The highest BCUT2D eigenvalue weighted by molar-refractivity contribution is 6.00. The van der Waals surface area contributed by atoms with E-state index in [4.69, 9.17) is 18.9 Å². The van der Waals surface area contributed by atoms with Gasteiger partial charge in [0.05, 0.1) is 35.7 Å². The molecule has 0 saturated carbocycles. The molecule has 218 valence electrons. The average molecular weight is 578 g/mol. The van der Waals surface area contributed by atoms with Gasteiger partial charge < -0.3 is 29.0 Å². The van der Waals surface area contributed by atoms with Gasteiger partial charge in [0, 0.05) is 17.3 Å². The number of epoxide rings is 1. The van der Waals surface area contributed by atoms with Crippen molar-refractivity contribution in [1.82, 2.24) is 5.32 Å². The molecular formula is C27H25F3N2O9. The Balaban J connectivity index is 1.55. The fourth-order valence-corrected chi connectivity index (χ4v) is 4.22. The van der Waals surface area contributed by atoms with E-state index >= 15 is 0 Å². The van der Waals surface area contributed by atoms with Crippen LogP contribution >= 0.6 is 0 Å². The van der Waals surface area contributed by atoms with Crippen LogP contribution in [0.4, 0.5) is 18.9 Å². The molecule has 11 nitrogen and oxygen atoms in total. The Hall–Kier alpha value is -4.59. The number of halogens is 3. The zero-order valence-corrected chi connectivity index (χ0v) is 21.9. The second-order valence-electron chi connectivity index (χ2n) is 8.91. The van der Waals surface area contributed by atoms with Gasteiger partial charge >= 0.3 is 18.1 Å². The van der Waals surface area contributed by atoms with E-state index in [1.165, 1.54) is 25.1 Å². The minimum absolute atomic E-state index is 0.102. The number of nitrogens with one attached hydrogen (secondary N) is 1. The highest BCUT2D eigenvalue weighted by Crippen LogP contribution is 2.45. The van der Waals surface area contributed by atoms with Gasteiger partial charge in [-0.2, -0.15) is 13.2 Å². The topological polar surface area (TPSA) is 139 Å². The van der Waals surface area contributed by atoms with Crippen molar-refractivity contribution in [2.24, 2.45) is 0 Å². The second kappa shape index (κ2) is 12.3. The van der Waals surface area contributed by atoms with Crippen LogP contribution in [0.25, 0.3) is 0 Å². The summed E-state index contributed by atoms with van der Waals surface area (Å²) in [7, 11) is 0.862. The molecule has 4 rings (SSSR count). The van der Waals surface area contributed by atoms with E-state index in [1.54, 1.807) is 24.3 Å². The number of nitrogens with zero attached hydrogens (tertiary/aromatic N) is 1. The van der Waals surface area contributed by atoms with E-state index in [0.717, 1.165) is 13.2 Å². The third kappa shape index (κ3) is 6.95. The molecule has 1 fully saturated rings. The van der Waals surface area contributed by atoms with E-state index in [2.05, 4.69) is 10.1 Å². The first-order valence-electron chi connectivity index (χ1n) is 12.3. The Morgan fingerprint density at radius 1 is 1.02 bits per heavy atom. The molecule has 0 aromatic heterocycles. The Kier molecular flexibility index (Phi) is 8.81. The van der Waals surface area contributed by atoms with Crippen molar-refractivity contribution in [3.63, 3.8) is 0 Å². The summed E-state index contributed by atoms with van der Waals surface area (Å²) in [5.74, 6) is -3.29. The van der Waals surface area contributed by atoms with Gasteiger partial charge in [0.2, 0.25) is 0 Å². The molecule has 1 N–H and O–H groups in total. The van der Waals surface area contributed by atoms with Gasteiger partial charge in [0.1, 0.15) is 43.1 Å². The normalized spacial score (nSPS) is 18.4. The van der Waals surface area contributed by atoms with E-state index in [0.29, 0.717) is 24.7 Å². The van der Waals surface area contributed by atoms with Gasteiger partial charge in [-0.3, -0.25) is 10.1 Å². The molecule has 0 radical (unpaired) electrons. The monoisotopic (exact) mass is 578 g/mol. The van der Waals surface area contributed by atoms with Crippen molar-refractivity contribution in [2.45, 2.75) is 25.1 Å². The Bertz CT molecular complexity index is 1380. The fraction of sp³-hybridized carbons (Fsp3) is 0.333. The number of esters is 2. The lowest BCUT2D eigenvalue weighted by molar-refractivity contribution is -0.385. The molecule has 2 unspecified atom stereocenters. The molecular weight excluding hydrogens is 553 g/mol. The molecule has 1 saturated heterocycles. The lowest BCUT2D eigenvalue weighted by atomic mass is 9.79. The molecule has 41 heavy (non-hydrogen) atoms. The number of ether oxygens (including phenoxy) is 5. The third-order valence-corrected chi connectivity index (χ3v) is 6.16. The summed E-state index contributed by atoms with van der Waals surface area (Å²) in [5, 5.41) is 13.8. The Morgan fingerprint density at radius 2 is 1.66 bits per heavy atom. The number of benzene rings is 2. The minimum Gasteiger partial charge on any atom is -0.491 e. The van der Waals surface area contributed by atoms with Crippen LogP contribution in [0.2, 0.25) is 0 Å². The summed E-state index contributed by atoms with van der Waals surface area (Å²) >= 11 is 0. The van der Waals surface area contributed by atoms with Crippen LogP contribution in [0, 0.1) is 10.1 Å². The Morgan fingerprint density at radius 3 is 2.24 bits per heavy atom. The van der Waals surface area contributed by atoms with Crippen LogP contribution in [0.15, 0.2) is 71.1 Å². The minimum atomic E-state index is -5.08. The maximum absolute atomic E-state index is 14.0. The van der Waals surface area contributed by atoms with E-state index in [9.17, 15) is 32.9 Å². The van der Waals surface area contributed by atoms with E-state index < -0.39 is 51.5 Å². The maximum atomic E-state index is 14.0.